The van der Waals surface area contributed by atoms with E-state index >= 15 is 0 Å². The molecule has 0 atom stereocenters. The van der Waals surface area contributed by atoms with Crippen LogP contribution in [-0.4, -0.2) is 43.6 Å². The lowest BCUT2D eigenvalue weighted by Gasteiger charge is -2.26. The Labute approximate surface area is 186 Å². The molecule has 1 aliphatic carbocycles. The van der Waals surface area contributed by atoms with Gasteiger partial charge in [-0.3, -0.25) is 4.79 Å². The van der Waals surface area contributed by atoms with Crippen LogP contribution in [0.5, 0.6) is 5.75 Å². The molecular formula is C22H27N3O3S2. The standard InChI is InChI=1S/C22H27N3O3S2/c1-16(15-23)22(29-18-6-4-3-5-7-18)24-21(26)17-8-9-19(27-2)20(14-17)30-25-10-12-28-13-11-25/h6,8-9,14H,3-5,7,10-13H2,1-2H3,(H,24,26)/b22-16+. The van der Waals surface area contributed by atoms with Crippen molar-refractivity contribution >= 4 is 29.6 Å². The summed E-state index contributed by atoms with van der Waals surface area (Å²) in [7, 11) is 1.63. The summed E-state index contributed by atoms with van der Waals surface area (Å²) in [4.78, 5) is 15.1. The number of methoxy groups -OCH3 is 1. The number of nitrogens with zero attached hydrogens (tertiary/aromatic N) is 2. The highest BCUT2D eigenvalue weighted by molar-refractivity contribution is 8.06. The third-order valence-electron chi connectivity index (χ3n) is 4.84. The van der Waals surface area contributed by atoms with Crippen LogP contribution >= 0.6 is 23.7 Å². The SMILES string of the molecule is COc1ccc(C(=O)N/C(SC2=CCCCC2)=C(/C)C#N)cc1SN1CCOCC1. The first-order valence-electron chi connectivity index (χ1n) is 10.1. The quantitative estimate of drug-likeness (QED) is 0.481. The molecule has 2 aliphatic rings. The van der Waals surface area contributed by atoms with Gasteiger partial charge in [0.05, 0.1) is 41.9 Å². The summed E-state index contributed by atoms with van der Waals surface area (Å²) in [5.41, 5.74) is 1.05. The number of nitriles is 1. The van der Waals surface area contributed by atoms with Crippen molar-refractivity contribution in [2.75, 3.05) is 33.4 Å². The van der Waals surface area contributed by atoms with Crippen LogP contribution in [0.25, 0.3) is 0 Å². The summed E-state index contributed by atoms with van der Waals surface area (Å²) in [5, 5.41) is 12.9. The summed E-state index contributed by atoms with van der Waals surface area (Å²) >= 11 is 3.07. The van der Waals surface area contributed by atoms with Crippen molar-refractivity contribution in [2.24, 2.45) is 0 Å². The van der Waals surface area contributed by atoms with Crippen LogP contribution in [-0.2, 0) is 4.74 Å². The average molecular weight is 446 g/mol. The number of hydrogen-bond donors (Lipinski definition) is 1. The summed E-state index contributed by atoms with van der Waals surface area (Å²) in [6.07, 6.45) is 6.59. The molecule has 0 radical (unpaired) electrons. The molecule has 1 amide bonds. The van der Waals surface area contributed by atoms with Crippen LogP contribution in [0.3, 0.4) is 0 Å². The van der Waals surface area contributed by atoms with Crippen LogP contribution in [0.2, 0.25) is 0 Å². The van der Waals surface area contributed by atoms with E-state index in [2.05, 4.69) is 21.8 Å². The van der Waals surface area contributed by atoms with Crippen molar-refractivity contribution in [3.63, 3.8) is 0 Å². The molecule has 0 spiro atoms. The van der Waals surface area contributed by atoms with Crippen molar-refractivity contribution < 1.29 is 14.3 Å². The van der Waals surface area contributed by atoms with E-state index in [9.17, 15) is 10.1 Å². The van der Waals surface area contributed by atoms with Gasteiger partial charge in [-0.15, -0.1) is 0 Å². The third-order valence-corrected chi connectivity index (χ3v) is 7.23. The van der Waals surface area contributed by atoms with E-state index in [1.54, 1.807) is 32.0 Å². The zero-order valence-corrected chi connectivity index (χ0v) is 19.0. The highest BCUT2D eigenvalue weighted by Crippen LogP contribution is 2.35. The highest BCUT2D eigenvalue weighted by Gasteiger charge is 2.18. The second-order valence-electron chi connectivity index (χ2n) is 7.04. The molecule has 1 aliphatic heterocycles. The Morgan fingerprint density at radius 3 is 2.77 bits per heavy atom. The summed E-state index contributed by atoms with van der Waals surface area (Å²) in [5.74, 6) is 0.503. The lowest BCUT2D eigenvalue weighted by atomic mass is 10.1. The Hall–Kier alpha value is -1.92. The van der Waals surface area contributed by atoms with Gasteiger partial charge in [0.15, 0.2) is 0 Å². The fraction of sp³-hybridized carbons (Fsp3) is 0.455. The van der Waals surface area contributed by atoms with Gasteiger partial charge in [-0.1, -0.05) is 17.8 Å². The van der Waals surface area contributed by atoms with E-state index in [4.69, 9.17) is 9.47 Å². The normalized spacial score (nSPS) is 18.1. The fourth-order valence-corrected chi connectivity index (χ4v) is 5.20. The molecule has 1 saturated heterocycles. The number of benzene rings is 1. The Kier molecular flexibility index (Phi) is 8.70. The number of amides is 1. The molecule has 8 heteroatoms. The first-order valence-corrected chi connectivity index (χ1v) is 11.7. The number of ether oxygens (including phenoxy) is 2. The molecule has 0 aromatic heterocycles. The number of carbonyl (C=O) groups excluding carboxylic acids is 1. The lowest BCUT2D eigenvalue weighted by Crippen LogP contribution is -2.31. The average Bonchev–Trinajstić information content (AvgIpc) is 2.79. The molecule has 1 fully saturated rings. The molecule has 0 bridgehead atoms. The highest BCUT2D eigenvalue weighted by atomic mass is 32.2. The van der Waals surface area contributed by atoms with E-state index in [0.717, 1.165) is 43.0 Å². The Morgan fingerprint density at radius 2 is 2.10 bits per heavy atom. The second kappa shape index (κ2) is 11.5. The van der Waals surface area contributed by atoms with Gasteiger partial charge in [0, 0.05) is 18.7 Å². The Morgan fingerprint density at radius 1 is 1.30 bits per heavy atom. The zero-order valence-electron chi connectivity index (χ0n) is 17.4. The van der Waals surface area contributed by atoms with Crippen LogP contribution < -0.4 is 10.1 Å². The molecule has 160 valence electrons. The van der Waals surface area contributed by atoms with Crippen molar-refractivity contribution in [3.05, 3.63) is 45.3 Å². The number of rotatable bonds is 7. The van der Waals surface area contributed by atoms with Gasteiger partial charge < -0.3 is 14.8 Å². The number of carbonyl (C=O) groups is 1. The fourth-order valence-electron chi connectivity index (χ4n) is 3.12. The molecule has 1 aromatic carbocycles. The maximum atomic E-state index is 13.0. The van der Waals surface area contributed by atoms with E-state index in [0.29, 0.717) is 29.4 Å². The van der Waals surface area contributed by atoms with Gasteiger partial charge in [0.2, 0.25) is 0 Å². The minimum absolute atomic E-state index is 0.227. The maximum absolute atomic E-state index is 13.0. The van der Waals surface area contributed by atoms with Gasteiger partial charge in [0.1, 0.15) is 5.75 Å². The monoisotopic (exact) mass is 445 g/mol. The minimum atomic E-state index is -0.227. The van der Waals surface area contributed by atoms with Crippen molar-refractivity contribution in [1.29, 1.82) is 5.26 Å². The minimum Gasteiger partial charge on any atom is -0.496 e. The number of morpholine rings is 1. The number of nitrogens with one attached hydrogen (secondary N) is 1. The molecular weight excluding hydrogens is 418 g/mol. The van der Waals surface area contributed by atoms with E-state index in [1.807, 2.05) is 12.1 Å². The molecule has 3 rings (SSSR count). The lowest BCUT2D eigenvalue weighted by molar-refractivity contribution is 0.0773. The molecule has 1 N–H and O–H groups in total. The number of allylic oxidation sites excluding steroid dienone is 3. The van der Waals surface area contributed by atoms with Crippen LogP contribution in [0.4, 0.5) is 0 Å². The van der Waals surface area contributed by atoms with Crippen LogP contribution in [0, 0.1) is 11.3 Å². The van der Waals surface area contributed by atoms with Crippen molar-refractivity contribution in [3.8, 4) is 11.8 Å². The van der Waals surface area contributed by atoms with Gasteiger partial charge in [-0.2, -0.15) is 5.26 Å². The zero-order chi connectivity index (χ0) is 21.3. The van der Waals surface area contributed by atoms with E-state index in [-0.39, 0.29) is 5.91 Å². The van der Waals surface area contributed by atoms with Crippen LogP contribution in [0.15, 0.2) is 44.7 Å². The van der Waals surface area contributed by atoms with Gasteiger partial charge in [-0.05, 0) is 67.7 Å². The predicted octanol–water partition coefficient (Wildman–Crippen LogP) is 4.71. The summed E-state index contributed by atoms with van der Waals surface area (Å²) in [6, 6.07) is 7.58. The Bertz CT molecular complexity index is 871. The van der Waals surface area contributed by atoms with Gasteiger partial charge in [-0.25, -0.2) is 4.31 Å². The van der Waals surface area contributed by atoms with Crippen LogP contribution in [0.1, 0.15) is 43.0 Å². The molecule has 0 unspecified atom stereocenters. The van der Waals surface area contributed by atoms with Crippen molar-refractivity contribution in [2.45, 2.75) is 37.5 Å². The summed E-state index contributed by atoms with van der Waals surface area (Å²) < 4.78 is 13.1. The molecule has 1 aromatic rings. The smallest absolute Gasteiger partial charge is 0.256 e. The largest absolute Gasteiger partial charge is 0.496 e. The first-order chi connectivity index (χ1) is 14.6. The third kappa shape index (κ3) is 6.29. The van der Waals surface area contributed by atoms with Gasteiger partial charge >= 0.3 is 0 Å². The van der Waals surface area contributed by atoms with E-state index in [1.165, 1.54) is 23.1 Å². The number of hydrogen-bond acceptors (Lipinski definition) is 7. The van der Waals surface area contributed by atoms with E-state index < -0.39 is 0 Å². The molecule has 30 heavy (non-hydrogen) atoms. The molecule has 0 saturated carbocycles. The maximum Gasteiger partial charge on any atom is 0.256 e. The topological polar surface area (TPSA) is 74.6 Å². The molecule has 6 nitrogen and oxygen atoms in total. The van der Waals surface area contributed by atoms with Gasteiger partial charge in [0.25, 0.3) is 5.91 Å². The first kappa shape index (κ1) is 22.8. The molecule has 1 heterocycles. The van der Waals surface area contributed by atoms with Crippen molar-refractivity contribution in [1.82, 2.24) is 9.62 Å². The predicted molar refractivity (Wildman–Crippen MR) is 121 cm³/mol. The Balaban J connectivity index is 1.76. The number of thioether (sulfide) groups is 1. The summed E-state index contributed by atoms with van der Waals surface area (Å²) in [6.45, 7) is 4.78. The second-order valence-corrected chi connectivity index (χ2v) is 9.31.